The van der Waals surface area contributed by atoms with E-state index in [0.717, 1.165) is 44.2 Å². The highest BCUT2D eigenvalue weighted by atomic mass is 35.5. The first-order chi connectivity index (χ1) is 16.5. The van der Waals surface area contributed by atoms with Gasteiger partial charge >= 0.3 is 0 Å². The Morgan fingerprint density at radius 1 is 1.20 bits per heavy atom. The molecular weight excluding hydrogens is 460 g/mol. The molecule has 0 saturated carbocycles. The second-order valence-electron chi connectivity index (χ2n) is 11.5. The van der Waals surface area contributed by atoms with Crippen LogP contribution in [0, 0.1) is 11.3 Å². The molecule has 4 unspecified atom stereocenters. The summed E-state index contributed by atoms with van der Waals surface area (Å²) in [5.74, 6) is 0.656. The molecule has 0 radical (unpaired) electrons. The van der Waals surface area contributed by atoms with Crippen molar-refractivity contribution < 1.29 is 14.3 Å². The number of carbonyl (C=O) groups excluding carboxylic acids is 2. The summed E-state index contributed by atoms with van der Waals surface area (Å²) >= 11 is 6.84. The van der Waals surface area contributed by atoms with Crippen LogP contribution in [-0.4, -0.2) is 33.9 Å². The minimum atomic E-state index is -0.515. The van der Waals surface area contributed by atoms with Crippen LogP contribution in [0.4, 0.5) is 0 Å². The van der Waals surface area contributed by atoms with Gasteiger partial charge in [-0.15, -0.1) is 0 Å². The number of halogens is 1. The number of hydrogen-bond acceptors (Lipinski definition) is 4. The number of nitrogens with zero attached hydrogens (tertiary/aromatic N) is 1. The summed E-state index contributed by atoms with van der Waals surface area (Å²) in [6, 6.07) is 5.31. The SMILES string of the molecule is CCCC12CC(C(Cl)=Cc3ccccn3)NC(=O)CCC(C)(C)C(=O)CCC(C)CCCC1(C)O2. The zero-order valence-electron chi connectivity index (χ0n) is 22.2. The third kappa shape index (κ3) is 7.16. The molecule has 1 amide bonds. The Bertz CT molecular complexity index is 916. The number of pyridine rings is 1. The molecule has 4 atom stereocenters. The van der Waals surface area contributed by atoms with E-state index < -0.39 is 5.41 Å². The third-order valence-electron chi connectivity index (χ3n) is 8.12. The van der Waals surface area contributed by atoms with Crippen LogP contribution in [0.2, 0.25) is 0 Å². The van der Waals surface area contributed by atoms with E-state index in [4.69, 9.17) is 16.3 Å². The van der Waals surface area contributed by atoms with E-state index in [0.29, 0.717) is 30.2 Å². The largest absolute Gasteiger partial charge is 0.363 e. The van der Waals surface area contributed by atoms with Crippen molar-refractivity contribution in [1.82, 2.24) is 10.3 Å². The topological polar surface area (TPSA) is 71.6 Å². The summed E-state index contributed by atoms with van der Waals surface area (Å²) < 4.78 is 6.50. The normalized spacial score (nSPS) is 33.0. The molecular formula is C29H43ClN2O3. The number of nitrogens with one attached hydrogen (secondary N) is 1. The molecule has 0 aliphatic carbocycles. The van der Waals surface area contributed by atoms with E-state index >= 15 is 0 Å². The number of amides is 1. The summed E-state index contributed by atoms with van der Waals surface area (Å²) in [6.07, 6.45) is 11.5. The van der Waals surface area contributed by atoms with Gasteiger partial charge < -0.3 is 10.1 Å². The number of ether oxygens (including phenoxy) is 1. The molecule has 0 bridgehead atoms. The van der Waals surface area contributed by atoms with E-state index in [-0.39, 0.29) is 35.4 Å². The van der Waals surface area contributed by atoms with Gasteiger partial charge in [0.1, 0.15) is 5.78 Å². The Morgan fingerprint density at radius 2 is 1.97 bits per heavy atom. The fourth-order valence-corrected chi connectivity index (χ4v) is 5.74. The van der Waals surface area contributed by atoms with Gasteiger partial charge in [0.25, 0.3) is 0 Å². The first-order valence-electron chi connectivity index (χ1n) is 13.3. The van der Waals surface area contributed by atoms with Crippen LogP contribution in [0.1, 0.15) is 105 Å². The van der Waals surface area contributed by atoms with Crippen molar-refractivity contribution in [3.63, 3.8) is 0 Å². The minimum absolute atomic E-state index is 0.0853. The Hall–Kier alpha value is -1.72. The number of ketones is 1. The van der Waals surface area contributed by atoms with Crippen molar-refractivity contribution in [3.05, 3.63) is 35.1 Å². The fraction of sp³-hybridized carbons (Fsp3) is 0.690. The molecule has 3 rings (SSSR count). The first-order valence-corrected chi connectivity index (χ1v) is 13.7. The molecule has 1 aromatic rings. The molecule has 2 fully saturated rings. The number of carbonyl (C=O) groups is 2. The monoisotopic (exact) mass is 502 g/mol. The van der Waals surface area contributed by atoms with Crippen LogP contribution >= 0.6 is 11.6 Å². The third-order valence-corrected chi connectivity index (χ3v) is 8.49. The van der Waals surface area contributed by atoms with Gasteiger partial charge in [-0.05, 0) is 56.7 Å². The van der Waals surface area contributed by atoms with Gasteiger partial charge in [0.05, 0.1) is 22.9 Å². The number of epoxide rings is 1. The maximum absolute atomic E-state index is 13.1. The molecule has 194 valence electrons. The van der Waals surface area contributed by atoms with Gasteiger partial charge in [-0.2, -0.15) is 0 Å². The number of hydrogen-bond donors (Lipinski definition) is 1. The summed E-state index contributed by atoms with van der Waals surface area (Å²) in [6.45, 7) is 10.5. The van der Waals surface area contributed by atoms with Crippen LogP contribution in [-0.2, 0) is 14.3 Å². The van der Waals surface area contributed by atoms with Crippen LogP contribution in [0.5, 0.6) is 0 Å². The van der Waals surface area contributed by atoms with Gasteiger partial charge in [-0.1, -0.05) is 64.6 Å². The number of rotatable bonds is 4. The highest BCUT2D eigenvalue weighted by Gasteiger charge is 2.65. The second-order valence-corrected chi connectivity index (χ2v) is 12.0. The summed E-state index contributed by atoms with van der Waals surface area (Å²) in [7, 11) is 0. The summed E-state index contributed by atoms with van der Waals surface area (Å²) in [5.41, 5.74) is -0.279. The van der Waals surface area contributed by atoms with E-state index in [2.05, 4.69) is 31.1 Å². The van der Waals surface area contributed by atoms with Gasteiger partial charge in [-0.3, -0.25) is 14.6 Å². The van der Waals surface area contributed by atoms with Gasteiger partial charge in [0, 0.05) is 35.9 Å². The van der Waals surface area contributed by atoms with Crippen molar-refractivity contribution in [2.45, 2.75) is 116 Å². The van der Waals surface area contributed by atoms with Gasteiger partial charge in [0.2, 0.25) is 5.91 Å². The second kappa shape index (κ2) is 11.6. The lowest BCUT2D eigenvalue weighted by molar-refractivity contribution is -0.128. The molecule has 5 nitrogen and oxygen atoms in total. The lowest BCUT2D eigenvalue weighted by Gasteiger charge is -2.27. The van der Waals surface area contributed by atoms with Gasteiger partial charge in [0.15, 0.2) is 0 Å². The molecule has 1 N–H and O–H groups in total. The Morgan fingerprint density at radius 3 is 2.66 bits per heavy atom. The molecule has 2 aliphatic heterocycles. The maximum Gasteiger partial charge on any atom is 0.220 e. The van der Waals surface area contributed by atoms with Crippen LogP contribution in [0.3, 0.4) is 0 Å². The van der Waals surface area contributed by atoms with E-state index in [9.17, 15) is 9.59 Å². The molecule has 3 heterocycles. The Labute approximate surface area is 216 Å². The Balaban J connectivity index is 1.88. The van der Waals surface area contributed by atoms with E-state index in [1.165, 1.54) is 0 Å². The van der Waals surface area contributed by atoms with Crippen molar-refractivity contribution >= 4 is 29.4 Å². The van der Waals surface area contributed by atoms with Crippen molar-refractivity contribution in [1.29, 1.82) is 0 Å². The predicted octanol–water partition coefficient (Wildman–Crippen LogP) is 6.84. The fourth-order valence-electron chi connectivity index (χ4n) is 5.49. The molecule has 0 spiro atoms. The highest BCUT2D eigenvalue weighted by molar-refractivity contribution is 6.32. The summed E-state index contributed by atoms with van der Waals surface area (Å²) in [4.78, 5) is 30.3. The number of Topliss-reactive ketones (excluding diaryl/α,β-unsaturated/α-hetero) is 1. The zero-order valence-corrected chi connectivity index (χ0v) is 22.9. The van der Waals surface area contributed by atoms with Crippen molar-refractivity contribution in [2.24, 2.45) is 11.3 Å². The van der Waals surface area contributed by atoms with E-state index in [1.807, 2.05) is 38.1 Å². The average Bonchev–Trinajstić information content (AvgIpc) is 3.38. The van der Waals surface area contributed by atoms with Gasteiger partial charge in [-0.25, -0.2) is 0 Å². The molecule has 2 aliphatic rings. The summed E-state index contributed by atoms with van der Waals surface area (Å²) in [5, 5.41) is 3.73. The highest BCUT2D eigenvalue weighted by Crippen LogP contribution is 2.57. The molecule has 2 saturated heterocycles. The van der Waals surface area contributed by atoms with Crippen LogP contribution < -0.4 is 5.32 Å². The standard InChI is InChI=1S/C29H43ClN2O3/c1-6-15-29-20-24(23(30)19-22-11-7-8-18-31-22)32-26(34)14-17-27(3,4)25(33)13-12-21(2)10-9-16-28(29,5)35-29/h7-8,11,18-19,21,24H,6,9-10,12-17,20H2,1-5H3,(H,32,34). The van der Waals surface area contributed by atoms with Crippen LogP contribution in [0.25, 0.3) is 6.08 Å². The first kappa shape index (κ1) is 27.9. The molecule has 35 heavy (non-hydrogen) atoms. The number of aromatic nitrogens is 1. The Kier molecular flexibility index (Phi) is 9.20. The maximum atomic E-state index is 13.1. The quantitative estimate of drug-likeness (QED) is 0.457. The zero-order chi connectivity index (χ0) is 25.7. The lowest BCUT2D eigenvalue weighted by Crippen LogP contribution is -2.41. The smallest absolute Gasteiger partial charge is 0.220 e. The average molecular weight is 503 g/mol. The minimum Gasteiger partial charge on any atom is -0.363 e. The van der Waals surface area contributed by atoms with Crippen molar-refractivity contribution in [2.75, 3.05) is 0 Å². The molecule has 1 aromatic heterocycles. The molecule has 6 heteroatoms. The van der Waals surface area contributed by atoms with Crippen molar-refractivity contribution in [3.8, 4) is 0 Å². The predicted molar refractivity (Wildman–Crippen MR) is 142 cm³/mol. The lowest BCUT2D eigenvalue weighted by atomic mass is 9.79. The van der Waals surface area contributed by atoms with Crippen LogP contribution in [0.15, 0.2) is 29.4 Å². The van der Waals surface area contributed by atoms with E-state index in [1.54, 1.807) is 6.20 Å². The molecule has 0 aromatic carbocycles. The number of fused-ring (bicyclic) bond motifs is 1.